The SMILES string of the molecule is CC(C)NC(=O)C(=O)NNC(=O)c1ccc(-n2cccn2)cc1. The zero-order valence-electron chi connectivity index (χ0n) is 12.7. The van der Waals surface area contributed by atoms with Crippen molar-refractivity contribution in [3.05, 3.63) is 48.3 Å². The molecule has 8 nitrogen and oxygen atoms in total. The first-order valence-electron chi connectivity index (χ1n) is 6.98. The summed E-state index contributed by atoms with van der Waals surface area (Å²) in [5.41, 5.74) is 5.38. The van der Waals surface area contributed by atoms with E-state index >= 15 is 0 Å². The molecule has 0 aliphatic rings. The molecule has 120 valence electrons. The molecule has 3 N–H and O–H groups in total. The van der Waals surface area contributed by atoms with E-state index in [4.69, 9.17) is 0 Å². The first kappa shape index (κ1) is 16.2. The molecule has 1 aromatic heterocycles. The third-order valence-electron chi connectivity index (χ3n) is 2.81. The van der Waals surface area contributed by atoms with E-state index in [1.165, 1.54) is 0 Å². The van der Waals surface area contributed by atoms with Crippen molar-refractivity contribution in [1.29, 1.82) is 0 Å². The lowest BCUT2D eigenvalue weighted by atomic mass is 10.2. The standard InChI is InChI=1S/C15H17N5O3/c1-10(2)17-14(22)15(23)19-18-13(21)11-4-6-12(7-5-11)20-9-3-8-16-20/h3-10H,1-2H3,(H,17,22)(H,18,21)(H,19,23). The molecule has 1 heterocycles. The fourth-order valence-corrected chi connectivity index (χ4v) is 1.76. The van der Waals surface area contributed by atoms with Crippen LogP contribution in [0.1, 0.15) is 24.2 Å². The van der Waals surface area contributed by atoms with Gasteiger partial charge in [0.15, 0.2) is 0 Å². The van der Waals surface area contributed by atoms with Crippen molar-refractivity contribution in [3.63, 3.8) is 0 Å². The average Bonchev–Trinajstić information content (AvgIpc) is 3.06. The van der Waals surface area contributed by atoms with Gasteiger partial charge in [-0.05, 0) is 44.2 Å². The number of aromatic nitrogens is 2. The summed E-state index contributed by atoms with van der Waals surface area (Å²) in [6.07, 6.45) is 3.43. The highest BCUT2D eigenvalue weighted by molar-refractivity contribution is 6.35. The summed E-state index contributed by atoms with van der Waals surface area (Å²) in [7, 11) is 0. The van der Waals surface area contributed by atoms with E-state index < -0.39 is 17.7 Å². The second-order valence-corrected chi connectivity index (χ2v) is 5.03. The predicted octanol–water partition coefficient (Wildman–Crippen LogP) is 0.158. The molecular weight excluding hydrogens is 298 g/mol. The van der Waals surface area contributed by atoms with Crippen LogP contribution in [-0.2, 0) is 9.59 Å². The summed E-state index contributed by atoms with van der Waals surface area (Å²) in [4.78, 5) is 34.8. The van der Waals surface area contributed by atoms with Crippen LogP contribution in [0.5, 0.6) is 0 Å². The first-order chi connectivity index (χ1) is 11.0. The molecule has 0 aliphatic carbocycles. The van der Waals surface area contributed by atoms with E-state index in [0.29, 0.717) is 5.56 Å². The van der Waals surface area contributed by atoms with Crippen molar-refractivity contribution >= 4 is 17.7 Å². The van der Waals surface area contributed by atoms with Crippen molar-refractivity contribution in [2.75, 3.05) is 0 Å². The molecule has 2 aromatic rings. The van der Waals surface area contributed by atoms with Crippen LogP contribution in [0.2, 0.25) is 0 Å². The summed E-state index contributed by atoms with van der Waals surface area (Å²) in [5.74, 6) is -2.27. The lowest BCUT2D eigenvalue weighted by Crippen LogP contribution is -2.49. The highest BCUT2D eigenvalue weighted by Crippen LogP contribution is 2.08. The summed E-state index contributed by atoms with van der Waals surface area (Å²) in [5, 5.41) is 6.50. The van der Waals surface area contributed by atoms with E-state index in [9.17, 15) is 14.4 Å². The van der Waals surface area contributed by atoms with Gasteiger partial charge < -0.3 is 5.32 Å². The maximum absolute atomic E-state index is 11.9. The highest BCUT2D eigenvalue weighted by Gasteiger charge is 2.15. The molecule has 2 rings (SSSR count). The normalized spacial score (nSPS) is 10.2. The van der Waals surface area contributed by atoms with Gasteiger partial charge in [0.1, 0.15) is 0 Å². The molecule has 0 aliphatic heterocycles. The van der Waals surface area contributed by atoms with E-state index in [1.807, 2.05) is 0 Å². The number of benzene rings is 1. The number of nitrogens with zero attached hydrogens (tertiary/aromatic N) is 2. The fraction of sp³-hybridized carbons (Fsp3) is 0.200. The number of hydrazine groups is 1. The third-order valence-corrected chi connectivity index (χ3v) is 2.81. The lowest BCUT2D eigenvalue weighted by Gasteiger charge is -2.10. The van der Waals surface area contributed by atoms with Gasteiger partial charge in [-0.1, -0.05) is 0 Å². The van der Waals surface area contributed by atoms with Gasteiger partial charge in [0.05, 0.1) is 5.69 Å². The Labute approximate surface area is 132 Å². The molecule has 1 aromatic carbocycles. The Morgan fingerprint density at radius 2 is 1.74 bits per heavy atom. The van der Waals surface area contributed by atoms with Gasteiger partial charge in [0.2, 0.25) is 0 Å². The van der Waals surface area contributed by atoms with E-state index in [0.717, 1.165) is 5.69 Å². The molecule has 23 heavy (non-hydrogen) atoms. The van der Waals surface area contributed by atoms with Gasteiger partial charge in [0, 0.05) is 24.0 Å². The molecule has 0 atom stereocenters. The quantitative estimate of drug-likeness (QED) is 0.554. The van der Waals surface area contributed by atoms with Crippen LogP contribution >= 0.6 is 0 Å². The van der Waals surface area contributed by atoms with Gasteiger partial charge in [-0.3, -0.25) is 25.2 Å². The van der Waals surface area contributed by atoms with Crippen LogP contribution in [0, 0.1) is 0 Å². The summed E-state index contributed by atoms with van der Waals surface area (Å²) >= 11 is 0. The van der Waals surface area contributed by atoms with Crippen LogP contribution in [0.25, 0.3) is 5.69 Å². The van der Waals surface area contributed by atoms with Gasteiger partial charge in [-0.15, -0.1) is 0 Å². The summed E-state index contributed by atoms with van der Waals surface area (Å²) < 4.78 is 1.65. The molecule has 0 saturated carbocycles. The smallest absolute Gasteiger partial charge is 0.327 e. The van der Waals surface area contributed by atoms with Crippen molar-refractivity contribution in [1.82, 2.24) is 25.9 Å². The number of carbonyl (C=O) groups is 3. The minimum Gasteiger partial charge on any atom is -0.346 e. The molecule has 0 spiro atoms. The number of rotatable bonds is 3. The predicted molar refractivity (Wildman–Crippen MR) is 82.5 cm³/mol. The highest BCUT2D eigenvalue weighted by atomic mass is 16.2. The van der Waals surface area contributed by atoms with Crippen LogP contribution in [0.3, 0.4) is 0 Å². The zero-order chi connectivity index (χ0) is 16.8. The Balaban J connectivity index is 1.91. The van der Waals surface area contributed by atoms with Crippen molar-refractivity contribution in [3.8, 4) is 5.69 Å². The molecule has 0 unspecified atom stereocenters. The second kappa shape index (κ2) is 7.21. The van der Waals surface area contributed by atoms with Gasteiger partial charge in [0.25, 0.3) is 5.91 Å². The molecule has 0 radical (unpaired) electrons. The first-order valence-corrected chi connectivity index (χ1v) is 6.98. The van der Waals surface area contributed by atoms with E-state index in [1.54, 1.807) is 61.3 Å². The Morgan fingerprint density at radius 1 is 1.04 bits per heavy atom. The molecule has 0 bridgehead atoms. The van der Waals surface area contributed by atoms with Gasteiger partial charge in [-0.2, -0.15) is 5.10 Å². The fourth-order valence-electron chi connectivity index (χ4n) is 1.76. The van der Waals surface area contributed by atoms with Crippen LogP contribution < -0.4 is 16.2 Å². The largest absolute Gasteiger partial charge is 0.346 e. The van der Waals surface area contributed by atoms with E-state index in [2.05, 4.69) is 21.3 Å². The summed E-state index contributed by atoms with van der Waals surface area (Å²) in [6, 6.07) is 8.24. The monoisotopic (exact) mass is 315 g/mol. The Morgan fingerprint density at radius 3 is 2.30 bits per heavy atom. The number of hydrogen-bond donors (Lipinski definition) is 3. The Hall–Kier alpha value is -3.16. The van der Waals surface area contributed by atoms with Crippen molar-refractivity contribution in [2.45, 2.75) is 19.9 Å². The minimum atomic E-state index is -0.930. The average molecular weight is 315 g/mol. The molecule has 0 fully saturated rings. The van der Waals surface area contributed by atoms with E-state index in [-0.39, 0.29) is 6.04 Å². The number of nitrogens with one attached hydrogen (secondary N) is 3. The molecule has 3 amide bonds. The van der Waals surface area contributed by atoms with Gasteiger partial charge in [-0.25, -0.2) is 4.68 Å². The topological polar surface area (TPSA) is 105 Å². The van der Waals surface area contributed by atoms with Gasteiger partial charge >= 0.3 is 11.8 Å². The summed E-state index contributed by atoms with van der Waals surface area (Å²) in [6.45, 7) is 3.45. The van der Waals surface area contributed by atoms with Crippen LogP contribution in [0.15, 0.2) is 42.7 Å². The van der Waals surface area contributed by atoms with Crippen molar-refractivity contribution < 1.29 is 14.4 Å². The maximum atomic E-state index is 11.9. The van der Waals surface area contributed by atoms with Crippen molar-refractivity contribution in [2.24, 2.45) is 0 Å². The second-order valence-electron chi connectivity index (χ2n) is 5.03. The Bertz CT molecular complexity index is 692. The van der Waals surface area contributed by atoms with Crippen LogP contribution in [-0.4, -0.2) is 33.5 Å². The maximum Gasteiger partial charge on any atom is 0.327 e. The molecular formula is C15H17N5O3. The number of hydrogen-bond acceptors (Lipinski definition) is 4. The van der Waals surface area contributed by atoms with Crippen LogP contribution in [0.4, 0.5) is 0 Å². The molecule has 0 saturated heterocycles. The number of carbonyl (C=O) groups excluding carboxylic acids is 3. The zero-order valence-corrected chi connectivity index (χ0v) is 12.7. The number of amides is 3. The lowest BCUT2D eigenvalue weighted by molar-refractivity contribution is -0.139. The third kappa shape index (κ3) is 4.40. The molecule has 8 heteroatoms. The Kier molecular flexibility index (Phi) is 5.08. The minimum absolute atomic E-state index is 0.168.